The Morgan fingerprint density at radius 2 is 2.11 bits per heavy atom. The van der Waals surface area contributed by atoms with Crippen molar-refractivity contribution in [2.24, 2.45) is 0 Å². The predicted molar refractivity (Wildman–Crippen MR) is 64.2 cm³/mol. The zero-order valence-electron chi connectivity index (χ0n) is 10.3. The minimum Gasteiger partial charge on any atom is -0.464 e. The van der Waals surface area contributed by atoms with Gasteiger partial charge in [-0.3, -0.25) is 4.79 Å². The van der Waals surface area contributed by atoms with Gasteiger partial charge in [0.25, 0.3) is 0 Å². The van der Waals surface area contributed by atoms with Crippen LogP contribution in [0.4, 0.5) is 0 Å². The molecule has 0 spiro atoms. The predicted octanol–water partition coefficient (Wildman–Crippen LogP) is 0.765. The van der Waals surface area contributed by atoms with E-state index in [0.717, 1.165) is 5.56 Å². The van der Waals surface area contributed by atoms with Gasteiger partial charge in [0.15, 0.2) is 6.10 Å². The molecule has 0 aliphatic carbocycles. The summed E-state index contributed by atoms with van der Waals surface area (Å²) >= 11 is 0. The summed E-state index contributed by atoms with van der Waals surface area (Å²) in [5, 5.41) is 19.6. The first-order valence-corrected chi connectivity index (χ1v) is 5.59. The normalized spacial score (nSPS) is 13.8. The quantitative estimate of drug-likeness (QED) is 0.597. The van der Waals surface area contributed by atoms with E-state index in [4.69, 9.17) is 0 Å². The summed E-state index contributed by atoms with van der Waals surface area (Å²) in [7, 11) is 0. The van der Waals surface area contributed by atoms with E-state index in [1.54, 1.807) is 26.0 Å². The van der Waals surface area contributed by atoms with Crippen LogP contribution in [0.3, 0.4) is 0 Å². The Balaban J connectivity index is 3.02. The molecule has 1 aromatic carbocycles. The number of esters is 1. The topological polar surface area (TPSA) is 83.8 Å². The summed E-state index contributed by atoms with van der Waals surface area (Å²) in [5.41, 5.74) is 1.26. The van der Waals surface area contributed by atoms with Gasteiger partial charge in [-0.2, -0.15) is 0 Å². The van der Waals surface area contributed by atoms with Crippen LogP contribution in [-0.2, 0) is 9.53 Å². The van der Waals surface area contributed by atoms with E-state index in [1.807, 2.05) is 0 Å². The van der Waals surface area contributed by atoms with Crippen molar-refractivity contribution in [1.82, 2.24) is 0 Å². The average molecular weight is 252 g/mol. The molecule has 0 heterocycles. The van der Waals surface area contributed by atoms with Crippen LogP contribution in [0.1, 0.15) is 34.5 Å². The molecule has 0 aliphatic heterocycles. The maximum Gasteiger partial charge on any atom is 0.338 e. The van der Waals surface area contributed by atoms with Crippen molar-refractivity contribution in [3.05, 3.63) is 34.9 Å². The number of aryl methyl sites for hydroxylation is 1. The molecule has 0 aromatic heterocycles. The first-order valence-electron chi connectivity index (χ1n) is 5.59. The zero-order valence-corrected chi connectivity index (χ0v) is 10.3. The first kappa shape index (κ1) is 14.3. The third-order valence-corrected chi connectivity index (χ3v) is 2.52. The lowest BCUT2D eigenvalue weighted by Crippen LogP contribution is -2.30. The molecule has 0 amide bonds. The van der Waals surface area contributed by atoms with Gasteiger partial charge in [-0.15, -0.1) is 0 Å². The fraction of sp³-hybridized carbons (Fsp3) is 0.385. The summed E-state index contributed by atoms with van der Waals surface area (Å²) < 4.78 is 4.61. The highest BCUT2D eigenvalue weighted by Crippen LogP contribution is 2.22. The van der Waals surface area contributed by atoms with Gasteiger partial charge in [0, 0.05) is 5.56 Å². The molecule has 1 rings (SSSR count). The fourth-order valence-electron chi connectivity index (χ4n) is 1.58. The number of benzene rings is 1. The van der Waals surface area contributed by atoms with Crippen molar-refractivity contribution < 1.29 is 24.5 Å². The van der Waals surface area contributed by atoms with Gasteiger partial charge in [-0.1, -0.05) is 23.8 Å². The van der Waals surface area contributed by atoms with Gasteiger partial charge >= 0.3 is 5.97 Å². The van der Waals surface area contributed by atoms with E-state index in [-0.39, 0.29) is 17.7 Å². The second-order valence-corrected chi connectivity index (χ2v) is 3.89. The van der Waals surface area contributed by atoms with Crippen molar-refractivity contribution in [2.75, 3.05) is 6.61 Å². The Morgan fingerprint density at radius 3 is 2.67 bits per heavy atom. The second kappa shape index (κ2) is 6.28. The van der Waals surface area contributed by atoms with Gasteiger partial charge in [0.2, 0.25) is 0 Å². The Kier molecular flexibility index (Phi) is 5.00. The Morgan fingerprint density at radius 1 is 1.44 bits per heavy atom. The standard InChI is InChI=1S/C13H16O5/c1-3-18-13(17)12(16)11(15)10-6-8(2)4-5-9(10)7-14/h4-7,11-12,15-16H,3H2,1-2H3. The van der Waals surface area contributed by atoms with Crippen LogP contribution in [0, 0.1) is 6.92 Å². The van der Waals surface area contributed by atoms with Gasteiger partial charge in [0.05, 0.1) is 6.61 Å². The molecular formula is C13H16O5. The Hall–Kier alpha value is -1.72. The highest BCUT2D eigenvalue weighted by molar-refractivity contribution is 5.80. The minimum atomic E-state index is -1.70. The monoisotopic (exact) mass is 252 g/mol. The molecule has 98 valence electrons. The van der Waals surface area contributed by atoms with E-state index in [0.29, 0.717) is 6.29 Å². The van der Waals surface area contributed by atoms with Gasteiger partial charge in [0.1, 0.15) is 12.4 Å². The third kappa shape index (κ3) is 3.15. The van der Waals surface area contributed by atoms with Crippen molar-refractivity contribution >= 4 is 12.3 Å². The smallest absolute Gasteiger partial charge is 0.338 e. The Labute approximate surface area is 105 Å². The molecule has 0 saturated carbocycles. The molecule has 2 unspecified atom stereocenters. The molecule has 0 aliphatic rings. The van der Waals surface area contributed by atoms with Gasteiger partial charge < -0.3 is 14.9 Å². The highest BCUT2D eigenvalue weighted by Gasteiger charge is 2.28. The van der Waals surface area contributed by atoms with Crippen LogP contribution in [0.2, 0.25) is 0 Å². The molecule has 0 fully saturated rings. The van der Waals surface area contributed by atoms with E-state index >= 15 is 0 Å². The highest BCUT2D eigenvalue weighted by atomic mass is 16.5. The number of carbonyl (C=O) groups excluding carboxylic acids is 2. The third-order valence-electron chi connectivity index (χ3n) is 2.52. The molecule has 5 nitrogen and oxygen atoms in total. The number of aliphatic hydroxyl groups is 2. The lowest BCUT2D eigenvalue weighted by Gasteiger charge is -2.18. The van der Waals surface area contributed by atoms with Crippen LogP contribution < -0.4 is 0 Å². The molecule has 18 heavy (non-hydrogen) atoms. The average Bonchev–Trinajstić information content (AvgIpc) is 2.37. The van der Waals surface area contributed by atoms with Crippen LogP contribution in [0.15, 0.2) is 18.2 Å². The van der Waals surface area contributed by atoms with Crippen LogP contribution in [-0.4, -0.2) is 35.2 Å². The molecule has 0 radical (unpaired) electrons. The summed E-state index contributed by atoms with van der Waals surface area (Å²) in [5.74, 6) is -0.914. The molecular weight excluding hydrogens is 236 g/mol. The van der Waals surface area contributed by atoms with Crippen LogP contribution >= 0.6 is 0 Å². The molecule has 2 atom stereocenters. The Bertz CT molecular complexity index is 441. The molecule has 1 aromatic rings. The molecule has 2 N–H and O–H groups in total. The molecule has 5 heteroatoms. The van der Waals surface area contributed by atoms with Crippen molar-refractivity contribution in [3.63, 3.8) is 0 Å². The zero-order chi connectivity index (χ0) is 13.7. The van der Waals surface area contributed by atoms with Crippen LogP contribution in [0.25, 0.3) is 0 Å². The molecule has 0 bridgehead atoms. The summed E-state index contributed by atoms with van der Waals surface area (Å²) in [6.07, 6.45) is -2.62. The number of hydrogen-bond donors (Lipinski definition) is 2. The maximum atomic E-state index is 11.3. The molecule has 0 saturated heterocycles. The fourth-order valence-corrected chi connectivity index (χ4v) is 1.58. The van der Waals surface area contributed by atoms with Gasteiger partial charge in [-0.25, -0.2) is 4.79 Å². The maximum absolute atomic E-state index is 11.3. The number of aliphatic hydroxyl groups excluding tert-OH is 2. The number of aldehydes is 1. The number of ether oxygens (including phenoxy) is 1. The van der Waals surface area contributed by atoms with Crippen molar-refractivity contribution in [2.45, 2.75) is 26.1 Å². The van der Waals surface area contributed by atoms with E-state index in [2.05, 4.69) is 4.74 Å². The van der Waals surface area contributed by atoms with E-state index < -0.39 is 18.2 Å². The van der Waals surface area contributed by atoms with Crippen molar-refractivity contribution in [3.8, 4) is 0 Å². The largest absolute Gasteiger partial charge is 0.464 e. The lowest BCUT2D eigenvalue weighted by atomic mass is 9.97. The SMILES string of the molecule is CCOC(=O)C(O)C(O)c1cc(C)ccc1C=O. The number of hydrogen-bond acceptors (Lipinski definition) is 5. The number of rotatable bonds is 5. The summed E-state index contributed by atoms with van der Waals surface area (Å²) in [6, 6.07) is 4.78. The van der Waals surface area contributed by atoms with E-state index in [1.165, 1.54) is 6.07 Å². The summed E-state index contributed by atoms with van der Waals surface area (Å²) in [6.45, 7) is 3.49. The summed E-state index contributed by atoms with van der Waals surface area (Å²) in [4.78, 5) is 22.2. The van der Waals surface area contributed by atoms with Crippen LogP contribution in [0.5, 0.6) is 0 Å². The minimum absolute atomic E-state index is 0.108. The van der Waals surface area contributed by atoms with E-state index in [9.17, 15) is 19.8 Å². The number of carbonyl (C=O) groups is 2. The lowest BCUT2D eigenvalue weighted by molar-refractivity contribution is -0.159. The second-order valence-electron chi connectivity index (χ2n) is 3.89. The van der Waals surface area contributed by atoms with Crippen molar-refractivity contribution in [1.29, 1.82) is 0 Å². The first-order chi connectivity index (χ1) is 8.51. The van der Waals surface area contributed by atoms with Gasteiger partial charge in [-0.05, 0) is 19.4 Å².